The summed E-state index contributed by atoms with van der Waals surface area (Å²) in [5, 5.41) is 3.23. The number of halogens is 1. The summed E-state index contributed by atoms with van der Waals surface area (Å²) in [6.45, 7) is 2.20. The summed E-state index contributed by atoms with van der Waals surface area (Å²) in [6, 6.07) is 12.2. The van der Waals surface area contributed by atoms with Crippen LogP contribution in [-0.4, -0.2) is 23.0 Å². The fourth-order valence-electron chi connectivity index (χ4n) is 2.46. The Balaban J connectivity index is 1.71. The van der Waals surface area contributed by atoms with Crippen LogP contribution in [0.4, 0.5) is 0 Å². The number of hydrogen-bond donors (Lipinski definition) is 1. The van der Waals surface area contributed by atoms with Crippen molar-refractivity contribution in [3.63, 3.8) is 0 Å². The fourth-order valence-corrected chi connectivity index (χ4v) is 2.62. The van der Waals surface area contributed by atoms with Crippen molar-refractivity contribution in [3.8, 4) is 17.4 Å². The van der Waals surface area contributed by atoms with Gasteiger partial charge in [0.05, 0.1) is 7.11 Å². The Morgan fingerprint density at radius 2 is 2.04 bits per heavy atom. The molecule has 0 radical (unpaired) electrons. The highest BCUT2D eigenvalue weighted by Gasteiger charge is 2.13. The third kappa shape index (κ3) is 4.74. The van der Waals surface area contributed by atoms with Crippen molar-refractivity contribution in [1.82, 2.24) is 15.3 Å². The lowest BCUT2D eigenvalue weighted by Crippen LogP contribution is -2.23. The van der Waals surface area contributed by atoms with Gasteiger partial charge in [0.1, 0.15) is 16.7 Å². The molecule has 7 heteroatoms. The Hall–Kier alpha value is -3.12. The molecule has 0 unspecified atom stereocenters. The first-order valence-corrected chi connectivity index (χ1v) is 8.61. The largest absolute Gasteiger partial charge is 0.481 e. The van der Waals surface area contributed by atoms with E-state index in [1.807, 2.05) is 13.0 Å². The summed E-state index contributed by atoms with van der Waals surface area (Å²) in [4.78, 5) is 20.6. The maximum atomic E-state index is 12.6. The SMILES string of the molecule is COc1ccc(CNC(=O)c2cccc(Oc3ccnc(Cl)c3)c2C)cn1. The lowest BCUT2D eigenvalue weighted by Gasteiger charge is -2.13. The molecule has 3 aromatic rings. The lowest BCUT2D eigenvalue weighted by atomic mass is 10.1. The predicted molar refractivity (Wildman–Crippen MR) is 102 cm³/mol. The molecule has 0 fully saturated rings. The molecule has 2 heterocycles. The molecule has 1 aromatic carbocycles. The molecule has 0 atom stereocenters. The number of hydrogen-bond acceptors (Lipinski definition) is 5. The van der Waals surface area contributed by atoms with E-state index in [2.05, 4.69) is 15.3 Å². The van der Waals surface area contributed by atoms with Crippen LogP contribution in [-0.2, 0) is 6.54 Å². The molecule has 2 aromatic heterocycles. The monoisotopic (exact) mass is 383 g/mol. The Labute approximate surface area is 162 Å². The van der Waals surface area contributed by atoms with Gasteiger partial charge in [0.2, 0.25) is 5.88 Å². The van der Waals surface area contributed by atoms with Crippen LogP contribution in [0.25, 0.3) is 0 Å². The first kappa shape index (κ1) is 18.7. The van der Waals surface area contributed by atoms with Crippen LogP contribution in [0.2, 0.25) is 5.15 Å². The predicted octanol–water partition coefficient (Wildman–Crippen LogP) is 4.17. The number of aromatic nitrogens is 2. The van der Waals surface area contributed by atoms with Gasteiger partial charge in [-0.25, -0.2) is 9.97 Å². The van der Waals surface area contributed by atoms with Gasteiger partial charge in [-0.2, -0.15) is 0 Å². The smallest absolute Gasteiger partial charge is 0.251 e. The topological polar surface area (TPSA) is 73.3 Å². The van der Waals surface area contributed by atoms with Gasteiger partial charge in [-0.15, -0.1) is 0 Å². The summed E-state index contributed by atoms with van der Waals surface area (Å²) < 4.78 is 10.9. The molecule has 1 amide bonds. The van der Waals surface area contributed by atoms with E-state index in [1.54, 1.807) is 55.9 Å². The minimum absolute atomic E-state index is 0.193. The zero-order valence-electron chi connectivity index (χ0n) is 14.9. The van der Waals surface area contributed by atoms with Crippen LogP contribution in [0.3, 0.4) is 0 Å². The van der Waals surface area contributed by atoms with Crippen LogP contribution >= 0.6 is 11.6 Å². The van der Waals surface area contributed by atoms with E-state index in [1.165, 1.54) is 0 Å². The van der Waals surface area contributed by atoms with Crippen molar-refractivity contribution in [1.29, 1.82) is 0 Å². The molecule has 0 bridgehead atoms. The first-order chi connectivity index (χ1) is 13.1. The minimum Gasteiger partial charge on any atom is -0.481 e. The highest BCUT2D eigenvalue weighted by Crippen LogP contribution is 2.28. The van der Waals surface area contributed by atoms with E-state index in [0.717, 1.165) is 11.1 Å². The molecule has 0 spiro atoms. The first-order valence-electron chi connectivity index (χ1n) is 8.23. The number of nitrogens with zero attached hydrogens (tertiary/aromatic N) is 2. The molecule has 0 aliphatic carbocycles. The summed E-state index contributed by atoms with van der Waals surface area (Å²) >= 11 is 5.88. The Bertz CT molecular complexity index is 945. The highest BCUT2D eigenvalue weighted by molar-refractivity contribution is 6.29. The average molecular weight is 384 g/mol. The molecule has 0 saturated heterocycles. The molecule has 27 heavy (non-hydrogen) atoms. The van der Waals surface area contributed by atoms with E-state index >= 15 is 0 Å². The van der Waals surface area contributed by atoms with Gasteiger partial charge in [-0.1, -0.05) is 23.7 Å². The van der Waals surface area contributed by atoms with Crippen LogP contribution < -0.4 is 14.8 Å². The molecule has 138 valence electrons. The van der Waals surface area contributed by atoms with Crippen molar-refractivity contribution >= 4 is 17.5 Å². The molecule has 0 saturated carbocycles. The standard InChI is InChI=1S/C20H18ClN3O3/c1-13-16(20(25)24-12-14-6-7-19(26-2)23-11-14)4-3-5-17(13)27-15-8-9-22-18(21)10-15/h3-11H,12H2,1-2H3,(H,24,25). The van der Waals surface area contributed by atoms with E-state index in [9.17, 15) is 4.79 Å². The van der Waals surface area contributed by atoms with Gasteiger partial charge in [0.15, 0.2) is 0 Å². The number of ether oxygens (including phenoxy) is 2. The lowest BCUT2D eigenvalue weighted by molar-refractivity contribution is 0.0950. The van der Waals surface area contributed by atoms with Gasteiger partial charge in [-0.05, 0) is 30.7 Å². The van der Waals surface area contributed by atoms with Crippen LogP contribution in [0.1, 0.15) is 21.5 Å². The number of pyridine rings is 2. The zero-order chi connectivity index (χ0) is 19.2. The molecule has 6 nitrogen and oxygen atoms in total. The highest BCUT2D eigenvalue weighted by atomic mass is 35.5. The van der Waals surface area contributed by atoms with Crippen molar-refractivity contribution < 1.29 is 14.3 Å². The van der Waals surface area contributed by atoms with Gasteiger partial charge < -0.3 is 14.8 Å². The number of methoxy groups -OCH3 is 1. The fraction of sp³-hybridized carbons (Fsp3) is 0.150. The second-order valence-corrected chi connectivity index (χ2v) is 6.12. The maximum Gasteiger partial charge on any atom is 0.251 e. The van der Waals surface area contributed by atoms with Gasteiger partial charge in [-0.3, -0.25) is 4.79 Å². The number of nitrogens with one attached hydrogen (secondary N) is 1. The summed E-state index contributed by atoms with van der Waals surface area (Å²) in [5.74, 6) is 1.47. The summed E-state index contributed by atoms with van der Waals surface area (Å²) in [7, 11) is 1.56. The average Bonchev–Trinajstić information content (AvgIpc) is 2.68. The van der Waals surface area contributed by atoms with Crippen LogP contribution in [0.5, 0.6) is 17.4 Å². The number of carbonyl (C=O) groups excluding carboxylic acids is 1. The Morgan fingerprint density at radius 1 is 1.19 bits per heavy atom. The van der Waals surface area contributed by atoms with Gasteiger partial charge in [0, 0.05) is 42.2 Å². The molecular weight excluding hydrogens is 366 g/mol. The van der Waals surface area contributed by atoms with Crippen molar-refractivity contribution in [2.24, 2.45) is 0 Å². The summed E-state index contributed by atoms with van der Waals surface area (Å²) in [6.07, 6.45) is 3.23. The zero-order valence-corrected chi connectivity index (χ0v) is 15.7. The maximum absolute atomic E-state index is 12.6. The molecular formula is C20H18ClN3O3. The third-order valence-corrected chi connectivity index (χ3v) is 4.12. The van der Waals surface area contributed by atoms with Gasteiger partial charge in [0.25, 0.3) is 5.91 Å². The number of rotatable bonds is 6. The van der Waals surface area contributed by atoms with E-state index in [0.29, 0.717) is 34.6 Å². The van der Waals surface area contributed by atoms with Crippen LogP contribution in [0.15, 0.2) is 54.9 Å². The minimum atomic E-state index is -0.193. The van der Waals surface area contributed by atoms with E-state index < -0.39 is 0 Å². The normalized spacial score (nSPS) is 10.3. The quantitative estimate of drug-likeness (QED) is 0.647. The Kier molecular flexibility index (Phi) is 5.88. The third-order valence-electron chi connectivity index (χ3n) is 3.91. The van der Waals surface area contributed by atoms with Crippen molar-refractivity contribution in [3.05, 3.63) is 76.7 Å². The van der Waals surface area contributed by atoms with Crippen molar-refractivity contribution in [2.75, 3.05) is 7.11 Å². The second kappa shape index (κ2) is 8.51. The van der Waals surface area contributed by atoms with Crippen LogP contribution in [0, 0.1) is 6.92 Å². The molecule has 0 aliphatic rings. The number of carbonyl (C=O) groups is 1. The van der Waals surface area contributed by atoms with Gasteiger partial charge >= 0.3 is 0 Å². The number of benzene rings is 1. The van der Waals surface area contributed by atoms with E-state index in [4.69, 9.17) is 21.1 Å². The number of amides is 1. The second-order valence-electron chi connectivity index (χ2n) is 5.74. The molecule has 1 N–H and O–H groups in total. The summed E-state index contributed by atoms with van der Waals surface area (Å²) in [5.41, 5.74) is 2.14. The molecule has 3 rings (SSSR count). The van der Waals surface area contributed by atoms with E-state index in [-0.39, 0.29) is 5.91 Å². The Morgan fingerprint density at radius 3 is 2.74 bits per heavy atom. The molecule has 0 aliphatic heterocycles. The van der Waals surface area contributed by atoms with Crippen molar-refractivity contribution in [2.45, 2.75) is 13.5 Å².